The molecule has 41 heavy (non-hydrogen) atoms. The molecule has 1 saturated heterocycles. The molecule has 0 aliphatic carbocycles. The number of methoxy groups -OCH3 is 1. The number of carbonyl (C=O) groups excluding carboxylic acids is 3. The molecule has 1 unspecified atom stereocenters. The van der Waals surface area contributed by atoms with Crippen LogP contribution in [0, 0.1) is 0 Å². The largest absolute Gasteiger partial charge is 0.461 e. The highest BCUT2D eigenvalue weighted by atomic mass is 32.2. The molecule has 2 heterocycles. The van der Waals surface area contributed by atoms with Crippen molar-refractivity contribution in [3.8, 4) is 0 Å². The predicted octanol–water partition coefficient (Wildman–Crippen LogP) is 0.640. The molecule has 15 heteroatoms. The number of hydrogen-bond donors (Lipinski definition) is 2. The summed E-state index contributed by atoms with van der Waals surface area (Å²) in [4.78, 5) is 52.7. The summed E-state index contributed by atoms with van der Waals surface area (Å²) >= 11 is 1.02. The molecule has 3 atom stereocenters. The van der Waals surface area contributed by atoms with Gasteiger partial charge in [0.15, 0.2) is 6.23 Å². The molecule has 1 aromatic heterocycles. The molecule has 1 fully saturated rings. The van der Waals surface area contributed by atoms with Gasteiger partial charge in [-0.25, -0.2) is 4.79 Å². The molecular formula is C26H35BN4O9S. The van der Waals surface area contributed by atoms with Crippen LogP contribution in [0.25, 0.3) is 0 Å². The van der Waals surface area contributed by atoms with E-state index in [0.717, 1.165) is 12.0 Å². The van der Waals surface area contributed by atoms with E-state index in [9.17, 15) is 19.2 Å². The average Bonchev–Trinajstić information content (AvgIpc) is 3.39. The van der Waals surface area contributed by atoms with Gasteiger partial charge >= 0.3 is 11.7 Å². The summed E-state index contributed by atoms with van der Waals surface area (Å²) < 4.78 is 43.3. The maximum Gasteiger partial charge on any atom is 0.351 e. The number of carbonyl (C=O) groups is 3. The summed E-state index contributed by atoms with van der Waals surface area (Å²) in [6.07, 6.45) is 0.256. The lowest BCUT2D eigenvalue weighted by atomic mass is 10.1. The van der Waals surface area contributed by atoms with Gasteiger partial charge in [-0.05, 0) is 44.1 Å². The van der Waals surface area contributed by atoms with Gasteiger partial charge in [0.25, 0.3) is 5.91 Å². The van der Waals surface area contributed by atoms with Gasteiger partial charge in [0.1, 0.15) is 26.3 Å². The van der Waals surface area contributed by atoms with Gasteiger partial charge in [-0.15, -0.1) is 0 Å². The summed E-state index contributed by atoms with van der Waals surface area (Å²) in [5.74, 6) is -1.20. The average molecular weight is 593 g/mol. The minimum absolute atomic E-state index is 0.00365. The van der Waals surface area contributed by atoms with Crippen molar-refractivity contribution in [2.75, 3.05) is 44.9 Å². The first-order chi connectivity index (χ1) is 20.7. The Morgan fingerprint density at radius 3 is 2.78 bits per heavy atom. The van der Waals surface area contributed by atoms with E-state index < -0.39 is 37.7 Å². The summed E-state index contributed by atoms with van der Waals surface area (Å²) in [6.45, 7) is 0.833. The first kappa shape index (κ1) is 29.3. The fourth-order valence-electron chi connectivity index (χ4n) is 3.87. The van der Waals surface area contributed by atoms with E-state index in [-0.39, 0.29) is 56.1 Å². The van der Waals surface area contributed by atoms with Gasteiger partial charge in [-0.1, -0.05) is 12.1 Å². The summed E-state index contributed by atoms with van der Waals surface area (Å²) in [6, 6.07) is 7.83. The highest BCUT2D eigenvalue weighted by Crippen LogP contribution is 2.31. The second-order valence-electron chi connectivity index (χ2n) is 8.84. The Labute approximate surface area is 245 Å². The number of aromatic nitrogens is 2. The number of nitrogens with one attached hydrogen (secondary N) is 2. The SMILES string of the molecule is [2H]B([3H])CSOC[C@@H]1CC(OCCOC)[C@H](n2ccc(NC(=O)c3ccc(COC(=O)CCC(=O)NC)cc3)nc2=O)O1. The third kappa shape index (κ3) is 10.3. The van der Waals surface area contributed by atoms with Crippen molar-refractivity contribution < 1.29 is 37.5 Å². The number of hydrogen-bond acceptors (Lipinski definition) is 11. The maximum absolute atomic E-state index is 12.9. The molecule has 1 aliphatic rings. The van der Waals surface area contributed by atoms with Crippen LogP contribution in [-0.2, 0) is 39.3 Å². The van der Waals surface area contributed by atoms with Crippen molar-refractivity contribution in [2.45, 2.75) is 44.3 Å². The molecule has 2 N–H and O–H groups in total. The Hall–Kier alpha value is -3.24. The van der Waals surface area contributed by atoms with Gasteiger partial charge in [0, 0.05) is 38.8 Å². The lowest BCUT2D eigenvalue weighted by Crippen LogP contribution is -2.33. The lowest BCUT2D eigenvalue weighted by molar-refractivity contribution is -0.146. The summed E-state index contributed by atoms with van der Waals surface area (Å²) in [5.41, 5.74) is 0.499. The Morgan fingerprint density at radius 1 is 1.27 bits per heavy atom. The molecule has 2 aromatic rings. The smallest absolute Gasteiger partial charge is 0.351 e. The van der Waals surface area contributed by atoms with E-state index >= 15 is 0 Å². The van der Waals surface area contributed by atoms with E-state index in [4.69, 9.17) is 25.8 Å². The summed E-state index contributed by atoms with van der Waals surface area (Å²) in [7, 11) is 2.04. The molecular weight excluding hydrogens is 555 g/mol. The predicted molar refractivity (Wildman–Crippen MR) is 153 cm³/mol. The Kier molecular flexibility index (Phi) is 12.1. The van der Waals surface area contributed by atoms with E-state index in [0.29, 0.717) is 24.2 Å². The number of anilines is 1. The Morgan fingerprint density at radius 2 is 2.07 bits per heavy atom. The van der Waals surface area contributed by atoms with Crippen LogP contribution in [0.5, 0.6) is 0 Å². The zero-order chi connectivity index (χ0) is 31.2. The minimum Gasteiger partial charge on any atom is -0.461 e. The van der Waals surface area contributed by atoms with Crippen molar-refractivity contribution in [3.05, 3.63) is 58.1 Å². The minimum atomic E-state index is -1.000. The fraction of sp³-hybridized carbons (Fsp3) is 0.500. The molecule has 0 spiro atoms. The molecule has 0 saturated carbocycles. The molecule has 1 aliphatic heterocycles. The second-order valence-corrected chi connectivity index (χ2v) is 9.65. The topological polar surface area (TPSA) is 156 Å². The van der Waals surface area contributed by atoms with Crippen LogP contribution < -0.4 is 16.3 Å². The van der Waals surface area contributed by atoms with Crippen LogP contribution in [0.4, 0.5) is 5.82 Å². The van der Waals surface area contributed by atoms with Crippen LogP contribution in [0.3, 0.4) is 0 Å². The van der Waals surface area contributed by atoms with Crippen LogP contribution in [0.2, 0.25) is 0 Å². The molecule has 0 bridgehead atoms. The Bertz CT molecular complexity index is 1270. The molecule has 1 aromatic carbocycles. The van der Waals surface area contributed by atoms with Gasteiger partial charge < -0.3 is 33.8 Å². The van der Waals surface area contributed by atoms with Gasteiger partial charge in [0.05, 0.1) is 32.3 Å². The van der Waals surface area contributed by atoms with Gasteiger partial charge in [-0.3, -0.25) is 19.0 Å². The number of rotatable bonds is 17. The van der Waals surface area contributed by atoms with Crippen molar-refractivity contribution in [1.29, 1.82) is 2.67 Å². The van der Waals surface area contributed by atoms with E-state index in [1.54, 1.807) is 31.4 Å². The normalized spacial score (nSPS) is 18.7. The van der Waals surface area contributed by atoms with Crippen molar-refractivity contribution >= 4 is 43.4 Å². The highest BCUT2D eigenvalue weighted by Gasteiger charge is 2.38. The van der Waals surface area contributed by atoms with E-state index in [1.165, 1.54) is 23.9 Å². The zero-order valence-corrected chi connectivity index (χ0v) is 23.7. The first-order valence-corrected chi connectivity index (χ1v) is 13.8. The molecule has 2 amide bonds. The van der Waals surface area contributed by atoms with Crippen LogP contribution in [-0.4, -0.2) is 89.6 Å². The van der Waals surface area contributed by atoms with E-state index in [1.807, 2.05) is 0 Å². The van der Waals surface area contributed by atoms with Crippen molar-refractivity contribution in [3.63, 3.8) is 0 Å². The third-order valence-corrected chi connectivity index (χ3v) is 6.41. The standard InChI is InChI=1S/C26H35BN4O9S/c1-28-22(32)7-8-23(33)38-14-17-3-5-18(6-4-17)24(34)29-21-9-10-31(26(35)30-21)25-20(37-12-11-36-2)13-19(40-25)15-39-41-16-27/h3-6,9-10,19-20,25H,7-8,11-16,27H2,1-2H3,(H,28,32)(H,29,30,34,35)/t19-,20?,25+/m0/s1/i27TD. The van der Waals surface area contributed by atoms with Crippen molar-refractivity contribution in [2.24, 2.45) is 0 Å². The van der Waals surface area contributed by atoms with E-state index in [2.05, 4.69) is 15.6 Å². The fourth-order valence-corrected chi connectivity index (χ4v) is 4.21. The number of amides is 2. The third-order valence-electron chi connectivity index (χ3n) is 5.97. The quantitative estimate of drug-likeness (QED) is 0.115. The van der Waals surface area contributed by atoms with Crippen molar-refractivity contribution in [1.82, 2.24) is 14.9 Å². The molecule has 0 radical (unpaired) electrons. The number of nitrogens with zero attached hydrogens (tertiary/aromatic N) is 2. The molecule has 222 valence electrons. The number of esters is 1. The molecule has 3 rings (SSSR count). The second kappa shape index (κ2) is 16.9. The highest BCUT2D eigenvalue weighted by molar-refractivity contribution is 7.95. The maximum atomic E-state index is 12.9. The monoisotopic (exact) mass is 593 g/mol. The molecule has 13 nitrogen and oxygen atoms in total. The number of ether oxygens (including phenoxy) is 4. The summed E-state index contributed by atoms with van der Waals surface area (Å²) in [5, 5.41) is 5.03. The van der Waals surface area contributed by atoms with Crippen LogP contribution in [0.15, 0.2) is 41.3 Å². The number of benzene rings is 1. The lowest BCUT2D eigenvalue weighted by Gasteiger charge is -2.21. The van der Waals surface area contributed by atoms with Gasteiger partial charge in [-0.2, -0.15) is 4.98 Å². The zero-order valence-electron chi connectivity index (χ0n) is 24.9. The first-order valence-electron chi connectivity index (χ1n) is 14.1. The van der Waals surface area contributed by atoms with Gasteiger partial charge in [0.2, 0.25) is 5.91 Å². The Balaban J connectivity index is 1.57. The van der Waals surface area contributed by atoms with Crippen LogP contribution >= 0.6 is 12.0 Å². The van der Waals surface area contributed by atoms with Crippen LogP contribution in [0.1, 0.15) is 41.4 Å².